The van der Waals surface area contributed by atoms with Crippen molar-refractivity contribution < 1.29 is 4.79 Å². The molecule has 82 valence electrons. The summed E-state index contributed by atoms with van der Waals surface area (Å²) < 4.78 is 1.95. The Hall–Kier alpha value is -1.54. The molecule has 0 aliphatic heterocycles. The minimum Gasteiger partial charge on any atom is -0.319 e. The Morgan fingerprint density at radius 2 is 2.00 bits per heavy atom. The molecule has 0 atom stereocenters. The molecule has 0 aliphatic rings. The van der Waals surface area contributed by atoms with E-state index < -0.39 is 0 Å². The Bertz CT molecular complexity index is 516. The summed E-state index contributed by atoms with van der Waals surface area (Å²) >= 11 is 6.12. The summed E-state index contributed by atoms with van der Waals surface area (Å²) in [7, 11) is 0. The molecule has 0 N–H and O–H groups in total. The predicted octanol–water partition coefficient (Wildman–Crippen LogP) is 3.26. The van der Waals surface area contributed by atoms with Gasteiger partial charge in [0.05, 0.1) is 10.7 Å². The van der Waals surface area contributed by atoms with Gasteiger partial charge in [-0.05, 0) is 31.2 Å². The van der Waals surface area contributed by atoms with Gasteiger partial charge in [0.15, 0.2) is 0 Å². The Kier molecular flexibility index (Phi) is 3.11. The lowest BCUT2D eigenvalue weighted by Gasteiger charge is -2.09. The first kappa shape index (κ1) is 11.0. The largest absolute Gasteiger partial charge is 0.319 e. The van der Waals surface area contributed by atoms with Gasteiger partial charge in [0, 0.05) is 18.3 Å². The van der Waals surface area contributed by atoms with E-state index in [0.717, 1.165) is 11.4 Å². The number of carbonyl (C=O) groups excluding carboxylic acids is 1. The molecule has 3 heteroatoms. The number of benzene rings is 1. The number of hydrogen-bond donors (Lipinski definition) is 0. The van der Waals surface area contributed by atoms with E-state index in [1.54, 1.807) is 6.92 Å². The van der Waals surface area contributed by atoms with Crippen LogP contribution in [0.4, 0.5) is 0 Å². The number of para-hydroxylation sites is 1. The van der Waals surface area contributed by atoms with Crippen molar-refractivity contribution in [3.05, 3.63) is 53.3 Å². The summed E-state index contributed by atoms with van der Waals surface area (Å²) in [6.45, 7) is 1.59. The zero-order valence-corrected chi connectivity index (χ0v) is 9.74. The van der Waals surface area contributed by atoms with E-state index in [4.69, 9.17) is 11.6 Å². The van der Waals surface area contributed by atoms with Crippen molar-refractivity contribution in [1.82, 2.24) is 4.57 Å². The third-order valence-electron chi connectivity index (χ3n) is 2.38. The summed E-state index contributed by atoms with van der Waals surface area (Å²) in [5.41, 5.74) is 1.87. The number of halogens is 1. The molecule has 2 nitrogen and oxygen atoms in total. The molecule has 1 aromatic carbocycles. The molecule has 0 aliphatic carbocycles. The van der Waals surface area contributed by atoms with Gasteiger partial charge in [0.25, 0.3) is 0 Å². The topological polar surface area (TPSA) is 22.0 Å². The first-order chi connectivity index (χ1) is 7.68. The van der Waals surface area contributed by atoms with Crippen molar-refractivity contribution in [2.24, 2.45) is 0 Å². The molecule has 0 radical (unpaired) electrons. The molecule has 2 rings (SSSR count). The highest BCUT2D eigenvalue weighted by atomic mass is 35.5. The monoisotopic (exact) mass is 233 g/mol. The lowest BCUT2D eigenvalue weighted by atomic mass is 10.2. The molecular weight excluding hydrogens is 222 g/mol. The van der Waals surface area contributed by atoms with Crippen LogP contribution in [0, 0.1) is 0 Å². The van der Waals surface area contributed by atoms with Gasteiger partial charge in [0.2, 0.25) is 0 Å². The molecule has 16 heavy (non-hydrogen) atoms. The van der Waals surface area contributed by atoms with Gasteiger partial charge in [-0.1, -0.05) is 23.7 Å². The van der Waals surface area contributed by atoms with Gasteiger partial charge in [-0.3, -0.25) is 4.79 Å². The van der Waals surface area contributed by atoms with Gasteiger partial charge in [-0.2, -0.15) is 0 Å². The molecule has 0 unspecified atom stereocenters. The number of nitrogens with zero attached hydrogens (tertiary/aromatic N) is 1. The van der Waals surface area contributed by atoms with Crippen LogP contribution >= 0.6 is 11.6 Å². The van der Waals surface area contributed by atoms with Crippen LogP contribution in [0.3, 0.4) is 0 Å². The van der Waals surface area contributed by atoms with Crippen LogP contribution in [0.1, 0.15) is 12.6 Å². The van der Waals surface area contributed by atoms with Gasteiger partial charge >= 0.3 is 0 Å². The first-order valence-corrected chi connectivity index (χ1v) is 5.47. The highest BCUT2D eigenvalue weighted by Gasteiger charge is 2.07. The van der Waals surface area contributed by atoms with E-state index in [9.17, 15) is 4.79 Å². The van der Waals surface area contributed by atoms with E-state index in [0.29, 0.717) is 11.4 Å². The van der Waals surface area contributed by atoms with E-state index in [1.807, 2.05) is 47.2 Å². The molecule has 2 aromatic rings. The van der Waals surface area contributed by atoms with Crippen LogP contribution in [-0.2, 0) is 11.2 Å². The smallest absolute Gasteiger partial charge is 0.135 e. The van der Waals surface area contributed by atoms with Gasteiger partial charge in [-0.15, -0.1) is 0 Å². The molecule has 1 aromatic heterocycles. The van der Waals surface area contributed by atoms with Crippen LogP contribution < -0.4 is 0 Å². The van der Waals surface area contributed by atoms with Crippen LogP contribution in [0.25, 0.3) is 5.69 Å². The number of hydrogen-bond acceptors (Lipinski definition) is 1. The van der Waals surface area contributed by atoms with Gasteiger partial charge < -0.3 is 4.57 Å². The summed E-state index contributed by atoms with van der Waals surface area (Å²) in [4.78, 5) is 11.1. The second-order valence-electron chi connectivity index (χ2n) is 3.70. The average molecular weight is 234 g/mol. The van der Waals surface area contributed by atoms with Crippen LogP contribution in [0.15, 0.2) is 42.6 Å². The van der Waals surface area contributed by atoms with Crippen molar-refractivity contribution >= 4 is 17.4 Å². The maximum atomic E-state index is 11.1. The normalized spacial score (nSPS) is 10.4. The lowest BCUT2D eigenvalue weighted by molar-refractivity contribution is -0.116. The molecule has 0 amide bonds. The Balaban J connectivity index is 2.45. The third-order valence-corrected chi connectivity index (χ3v) is 2.69. The number of Topliss-reactive ketones (excluding diaryl/α,β-unsaturated/α-hetero) is 1. The summed E-state index contributed by atoms with van der Waals surface area (Å²) in [6, 6.07) is 11.4. The second-order valence-corrected chi connectivity index (χ2v) is 4.11. The van der Waals surface area contributed by atoms with Crippen molar-refractivity contribution in [2.75, 3.05) is 0 Å². The molecule has 1 heterocycles. The molecule has 0 saturated carbocycles. The zero-order valence-electron chi connectivity index (χ0n) is 8.98. The number of ketones is 1. The van der Waals surface area contributed by atoms with Gasteiger partial charge in [-0.25, -0.2) is 0 Å². The fourth-order valence-corrected chi connectivity index (χ4v) is 1.92. The number of carbonyl (C=O) groups is 1. The Morgan fingerprint density at radius 3 is 2.69 bits per heavy atom. The van der Waals surface area contributed by atoms with Crippen molar-refractivity contribution in [2.45, 2.75) is 13.3 Å². The number of rotatable bonds is 3. The first-order valence-electron chi connectivity index (χ1n) is 5.09. The standard InChI is InChI=1S/C13H12ClNO/c1-10(16)9-11-5-4-8-15(11)13-7-3-2-6-12(13)14/h2-8H,9H2,1H3. The fraction of sp³-hybridized carbons (Fsp3) is 0.154. The molecule has 0 fully saturated rings. The lowest BCUT2D eigenvalue weighted by Crippen LogP contribution is -2.04. The highest BCUT2D eigenvalue weighted by molar-refractivity contribution is 6.32. The molecular formula is C13H12ClNO. The molecule has 0 spiro atoms. The maximum Gasteiger partial charge on any atom is 0.135 e. The second kappa shape index (κ2) is 4.54. The van der Waals surface area contributed by atoms with E-state index in [2.05, 4.69) is 0 Å². The SMILES string of the molecule is CC(=O)Cc1cccn1-c1ccccc1Cl. The fourth-order valence-electron chi connectivity index (χ4n) is 1.70. The molecule has 0 bridgehead atoms. The Morgan fingerprint density at radius 1 is 1.25 bits per heavy atom. The minimum absolute atomic E-state index is 0.145. The summed E-state index contributed by atoms with van der Waals surface area (Å²) in [5.74, 6) is 0.145. The zero-order chi connectivity index (χ0) is 11.5. The quantitative estimate of drug-likeness (QED) is 0.798. The highest BCUT2D eigenvalue weighted by Crippen LogP contribution is 2.22. The summed E-state index contributed by atoms with van der Waals surface area (Å²) in [6.07, 6.45) is 2.34. The molecule has 0 saturated heterocycles. The van der Waals surface area contributed by atoms with Crippen LogP contribution in [-0.4, -0.2) is 10.4 Å². The van der Waals surface area contributed by atoms with Crippen molar-refractivity contribution in [3.8, 4) is 5.69 Å². The Labute approximate surface area is 99.5 Å². The van der Waals surface area contributed by atoms with Crippen LogP contribution in [0.5, 0.6) is 0 Å². The third kappa shape index (κ3) is 2.17. The summed E-state index contributed by atoms with van der Waals surface area (Å²) in [5, 5.41) is 0.684. The average Bonchev–Trinajstić information content (AvgIpc) is 2.66. The van der Waals surface area contributed by atoms with Crippen molar-refractivity contribution in [1.29, 1.82) is 0 Å². The van der Waals surface area contributed by atoms with E-state index in [1.165, 1.54) is 0 Å². The minimum atomic E-state index is 0.145. The van der Waals surface area contributed by atoms with Gasteiger partial charge in [0.1, 0.15) is 5.78 Å². The maximum absolute atomic E-state index is 11.1. The van der Waals surface area contributed by atoms with Crippen molar-refractivity contribution in [3.63, 3.8) is 0 Å². The number of aromatic nitrogens is 1. The van der Waals surface area contributed by atoms with E-state index >= 15 is 0 Å². The predicted molar refractivity (Wildman–Crippen MR) is 65.2 cm³/mol. The van der Waals surface area contributed by atoms with E-state index in [-0.39, 0.29) is 5.78 Å². The van der Waals surface area contributed by atoms with Crippen LogP contribution in [0.2, 0.25) is 5.02 Å².